The number of hydrogen-bond donors (Lipinski definition) is 0. The smallest absolute Gasteiger partial charge is 0.0488 e. The Morgan fingerprint density at radius 2 is 1.89 bits per heavy atom. The van der Waals surface area contributed by atoms with E-state index < -0.39 is 0 Å². The molecule has 0 amide bonds. The number of fused-ring (bicyclic) bond motifs is 1. The van der Waals surface area contributed by atoms with Crippen LogP contribution in [0.3, 0.4) is 0 Å². The van der Waals surface area contributed by atoms with Crippen molar-refractivity contribution in [1.82, 2.24) is 0 Å². The van der Waals surface area contributed by atoms with E-state index in [-0.39, 0.29) is 0 Å². The van der Waals surface area contributed by atoms with Gasteiger partial charge in [0.05, 0.1) is 0 Å². The van der Waals surface area contributed by atoms with Gasteiger partial charge in [-0.15, -0.1) is 11.6 Å². The van der Waals surface area contributed by atoms with Gasteiger partial charge < -0.3 is 4.90 Å². The zero-order valence-electron chi connectivity index (χ0n) is 11.2. The molecule has 0 aromatic heterocycles. The predicted octanol–water partition coefficient (Wildman–Crippen LogP) is 5.10. The summed E-state index contributed by atoms with van der Waals surface area (Å²) in [6, 6.07) is 6.33. The molecule has 1 saturated heterocycles. The van der Waals surface area contributed by atoms with Crippen LogP contribution < -0.4 is 4.90 Å². The van der Waals surface area contributed by atoms with Gasteiger partial charge in [0.1, 0.15) is 0 Å². The van der Waals surface area contributed by atoms with Gasteiger partial charge in [0.2, 0.25) is 0 Å². The van der Waals surface area contributed by atoms with Gasteiger partial charge >= 0.3 is 0 Å². The molecule has 1 aliphatic carbocycles. The molecular weight excluding hydrogens is 277 g/mol. The molecule has 0 spiro atoms. The zero-order chi connectivity index (χ0) is 13.2. The molecule has 1 aliphatic heterocycles. The van der Waals surface area contributed by atoms with Crippen molar-refractivity contribution in [2.24, 2.45) is 11.8 Å². The Hall–Kier alpha value is -0.400. The van der Waals surface area contributed by atoms with Crippen molar-refractivity contribution in [3.8, 4) is 0 Å². The largest absolute Gasteiger partial charge is 0.371 e. The summed E-state index contributed by atoms with van der Waals surface area (Å²) < 4.78 is 0. The highest BCUT2D eigenvalue weighted by Crippen LogP contribution is 2.38. The fourth-order valence-corrected chi connectivity index (χ4v) is 4.22. The maximum atomic E-state index is 6.28. The summed E-state index contributed by atoms with van der Waals surface area (Å²) in [5, 5.41) is 0.804. The van der Waals surface area contributed by atoms with Crippen LogP contribution in [-0.4, -0.2) is 13.1 Å². The maximum Gasteiger partial charge on any atom is 0.0488 e. The lowest BCUT2D eigenvalue weighted by atomic mass is 9.75. The number of rotatable bonds is 2. The van der Waals surface area contributed by atoms with Gasteiger partial charge in [0.15, 0.2) is 0 Å². The van der Waals surface area contributed by atoms with Gasteiger partial charge in [-0.2, -0.15) is 0 Å². The third-order valence-corrected chi connectivity index (χ3v) is 5.48. The average Bonchev–Trinajstić information content (AvgIpc) is 2.46. The summed E-state index contributed by atoms with van der Waals surface area (Å²) >= 11 is 12.1. The highest BCUT2D eigenvalue weighted by atomic mass is 35.5. The van der Waals surface area contributed by atoms with E-state index in [0.717, 1.165) is 22.4 Å². The molecular formula is C16H21Cl2N. The van der Waals surface area contributed by atoms with Crippen LogP contribution in [0.5, 0.6) is 0 Å². The zero-order valence-corrected chi connectivity index (χ0v) is 12.8. The van der Waals surface area contributed by atoms with E-state index >= 15 is 0 Å². The lowest BCUT2D eigenvalue weighted by Crippen LogP contribution is -2.41. The number of hydrogen-bond acceptors (Lipinski definition) is 1. The van der Waals surface area contributed by atoms with E-state index in [2.05, 4.69) is 23.1 Å². The Morgan fingerprint density at radius 3 is 2.63 bits per heavy atom. The summed E-state index contributed by atoms with van der Waals surface area (Å²) in [5.41, 5.74) is 2.29. The van der Waals surface area contributed by atoms with E-state index in [9.17, 15) is 0 Å². The van der Waals surface area contributed by atoms with Crippen molar-refractivity contribution < 1.29 is 0 Å². The molecule has 0 radical (unpaired) electrons. The van der Waals surface area contributed by atoms with E-state index in [1.807, 2.05) is 0 Å². The SMILES string of the molecule is ClCc1ccc(N2CCC3CCCCC3C2)cc1Cl. The third-order valence-electron chi connectivity index (χ3n) is 4.84. The molecule has 3 heteroatoms. The molecule has 2 fully saturated rings. The average molecular weight is 298 g/mol. The molecule has 1 heterocycles. The van der Waals surface area contributed by atoms with Crippen molar-refractivity contribution in [1.29, 1.82) is 0 Å². The van der Waals surface area contributed by atoms with Crippen molar-refractivity contribution in [3.63, 3.8) is 0 Å². The van der Waals surface area contributed by atoms with Crippen molar-refractivity contribution >= 4 is 28.9 Å². The summed E-state index contributed by atoms with van der Waals surface area (Å²) in [5.74, 6) is 2.36. The Bertz CT molecular complexity index is 446. The van der Waals surface area contributed by atoms with E-state index in [4.69, 9.17) is 23.2 Å². The molecule has 0 bridgehead atoms. The Labute approximate surface area is 125 Å². The lowest BCUT2D eigenvalue weighted by molar-refractivity contribution is 0.202. The second kappa shape index (κ2) is 5.93. The molecule has 0 N–H and O–H groups in total. The molecule has 1 saturated carbocycles. The van der Waals surface area contributed by atoms with Gasteiger partial charge in [-0.25, -0.2) is 0 Å². The lowest BCUT2D eigenvalue weighted by Gasteiger charge is -2.42. The maximum absolute atomic E-state index is 6.28. The van der Waals surface area contributed by atoms with Crippen molar-refractivity contribution in [2.45, 2.75) is 38.0 Å². The second-order valence-corrected chi connectivity index (χ2v) is 6.62. The number of benzene rings is 1. The molecule has 1 aromatic carbocycles. The van der Waals surface area contributed by atoms with Crippen LogP contribution in [0.2, 0.25) is 5.02 Å². The van der Waals surface area contributed by atoms with Crippen LogP contribution in [0.15, 0.2) is 18.2 Å². The first kappa shape index (κ1) is 13.6. The minimum Gasteiger partial charge on any atom is -0.371 e. The first-order valence-corrected chi connectivity index (χ1v) is 8.28. The summed E-state index contributed by atoms with van der Waals surface area (Å²) in [6.07, 6.45) is 7.07. The number of halogens is 2. The first-order chi connectivity index (χ1) is 9.28. The first-order valence-electron chi connectivity index (χ1n) is 7.37. The molecule has 3 rings (SSSR count). The van der Waals surface area contributed by atoms with E-state index in [0.29, 0.717) is 5.88 Å². The van der Waals surface area contributed by atoms with Crippen molar-refractivity contribution in [2.75, 3.05) is 18.0 Å². The molecule has 1 nitrogen and oxygen atoms in total. The fourth-order valence-electron chi connectivity index (χ4n) is 3.68. The fraction of sp³-hybridized carbons (Fsp3) is 0.625. The number of nitrogens with zero attached hydrogens (tertiary/aromatic N) is 1. The van der Waals surface area contributed by atoms with Crippen LogP contribution in [0.4, 0.5) is 5.69 Å². The Balaban J connectivity index is 1.74. The minimum absolute atomic E-state index is 0.490. The molecule has 104 valence electrons. The number of anilines is 1. The van der Waals surface area contributed by atoms with Gasteiger partial charge in [-0.3, -0.25) is 0 Å². The number of alkyl halides is 1. The standard InChI is InChI=1S/C16H21Cl2N/c17-10-13-5-6-15(9-16(13)18)19-8-7-12-3-1-2-4-14(12)11-19/h5-6,9,12,14H,1-4,7-8,10-11H2. The predicted molar refractivity (Wildman–Crippen MR) is 83.3 cm³/mol. The molecule has 1 aromatic rings. The molecule has 19 heavy (non-hydrogen) atoms. The normalized spacial score (nSPS) is 27.2. The number of piperidine rings is 1. The summed E-state index contributed by atoms with van der Waals surface area (Å²) in [6.45, 7) is 2.39. The van der Waals surface area contributed by atoms with Gasteiger partial charge in [0.25, 0.3) is 0 Å². The van der Waals surface area contributed by atoms with E-state index in [1.165, 1.54) is 50.9 Å². The van der Waals surface area contributed by atoms with Gasteiger partial charge in [0, 0.05) is 29.7 Å². The summed E-state index contributed by atoms with van der Waals surface area (Å²) in [7, 11) is 0. The van der Waals surface area contributed by atoms with Gasteiger partial charge in [-0.05, 0) is 42.4 Å². The quantitative estimate of drug-likeness (QED) is 0.687. The summed E-state index contributed by atoms with van der Waals surface area (Å²) in [4.78, 5) is 2.51. The molecule has 2 aliphatic rings. The van der Waals surface area contributed by atoms with Crippen LogP contribution in [-0.2, 0) is 5.88 Å². The highest BCUT2D eigenvalue weighted by Gasteiger charge is 2.31. The van der Waals surface area contributed by atoms with Crippen LogP contribution in [0.1, 0.15) is 37.7 Å². The topological polar surface area (TPSA) is 3.24 Å². The van der Waals surface area contributed by atoms with Gasteiger partial charge in [-0.1, -0.05) is 36.9 Å². The molecule has 2 unspecified atom stereocenters. The highest BCUT2D eigenvalue weighted by molar-refractivity contribution is 6.32. The Kier molecular flexibility index (Phi) is 4.24. The minimum atomic E-state index is 0.490. The molecule has 2 atom stereocenters. The van der Waals surface area contributed by atoms with E-state index in [1.54, 1.807) is 0 Å². The monoisotopic (exact) mass is 297 g/mol. The van der Waals surface area contributed by atoms with Crippen LogP contribution in [0, 0.1) is 11.8 Å². The second-order valence-electron chi connectivity index (χ2n) is 5.95. The van der Waals surface area contributed by atoms with Crippen LogP contribution in [0.25, 0.3) is 0 Å². The third kappa shape index (κ3) is 2.87. The van der Waals surface area contributed by atoms with Crippen LogP contribution >= 0.6 is 23.2 Å². The Morgan fingerprint density at radius 1 is 1.11 bits per heavy atom. The van der Waals surface area contributed by atoms with Crippen molar-refractivity contribution in [3.05, 3.63) is 28.8 Å².